The van der Waals surface area contributed by atoms with Gasteiger partial charge in [0.25, 0.3) is 0 Å². The molecule has 0 aliphatic rings. The summed E-state index contributed by atoms with van der Waals surface area (Å²) in [7, 11) is 7.35. The minimum atomic E-state index is 0.708. The largest absolute Gasteiger partial charge is 0.493 e. The highest BCUT2D eigenvalue weighted by Gasteiger charge is 2.11. The highest BCUT2D eigenvalue weighted by molar-refractivity contribution is 5.96. The summed E-state index contributed by atoms with van der Waals surface area (Å²) < 4.78 is 10.8. The van der Waals surface area contributed by atoms with Gasteiger partial charge in [0.2, 0.25) is 0 Å². The maximum absolute atomic E-state index is 5.43. The van der Waals surface area contributed by atoms with E-state index >= 15 is 0 Å². The number of fused-ring (bicyclic) bond motifs is 1. The minimum Gasteiger partial charge on any atom is -0.493 e. The van der Waals surface area contributed by atoms with E-state index < -0.39 is 0 Å². The first-order valence-corrected chi connectivity index (χ1v) is 7.42. The second-order valence-corrected chi connectivity index (χ2v) is 5.53. The van der Waals surface area contributed by atoms with Crippen LogP contribution in [0.3, 0.4) is 0 Å². The molecule has 1 aromatic heterocycles. The lowest BCUT2D eigenvalue weighted by Gasteiger charge is -2.14. The normalized spacial score (nSPS) is 10.6. The lowest BCUT2D eigenvalue weighted by Crippen LogP contribution is -2.07. The fourth-order valence-corrected chi connectivity index (χ4v) is 2.65. The van der Waals surface area contributed by atoms with Gasteiger partial charge >= 0.3 is 0 Å². The average molecular weight is 308 g/mol. The van der Waals surface area contributed by atoms with Gasteiger partial charge in [-0.15, -0.1) is 0 Å². The van der Waals surface area contributed by atoms with E-state index in [2.05, 4.69) is 34.1 Å². The average Bonchev–Trinajstić information content (AvgIpc) is 2.60. The first kappa shape index (κ1) is 15.2. The van der Waals surface area contributed by atoms with Gasteiger partial charge in [-0.25, -0.2) is 0 Å². The first-order chi connectivity index (χ1) is 11.1. The van der Waals surface area contributed by atoms with E-state index in [-0.39, 0.29) is 0 Å². The van der Waals surface area contributed by atoms with Gasteiger partial charge in [0.1, 0.15) is 0 Å². The molecule has 0 bridgehead atoms. The molecule has 0 unspecified atom stereocenters. The van der Waals surface area contributed by atoms with Crippen molar-refractivity contribution in [3.8, 4) is 22.8 Å². The molecule has 2 aromatic carbocycles. The lowest BCUT2D eigenvalue weighted by molar-refractivity contribution is 0.356. The van der Waals surface area contributed by atoms with Gasteiger partial charge in [0.15, 0.2) is 11.5 Å². The van der Waals surface area contributed by atoms with Crippen molar-refractivity contribution in [3.05, 3.63) is 48.7 Å². The van der Waals surface area contributed by atoms with E-state index in [1.165, 1.54) is 0 Å². The first-order valence-electron chi connectivity index (χ1n) is 7.42. The summed E-state index contributed by atoms with van der Waals surface area (Å²) in [5, 5.41) is 2.12. The predicted molar refractivity (Wildman–Crippen MR) is 94.6 cm³/mol. The van der Waals surface area contributed by atoms with Crippen LogP contribution in [-0.4, -0.2) is 33.3 Å². The molecule has 118 valence electrons. The van der Waals surface area contributed by atoms with Gasteiger partial charge in [-0.05, 0) is 35.7 Å². The summed E-state index contributed by atoms with van der Waals surface area (Å²) in [4.78, 5) is 6.65. The van der Waals surface area contributed by atoms with Crippen LogP contribution in [0.2, 0.25) is 0 Å². The van der Waals surface area contributed by atoms with Gasteiger partial charge in [0.05, 0.1) is 19.9 Å². The highest BCUT2D eigenvalue weighted by Crippen LogP contribution is 2.36. The quantitative estimate of drug-likeness (QED) is 0.730. The predicted octanol–water partition coefficient (Wildman–Crippen LogP) is 3.99. The monoisotopic (exact) mass is 308 g/mol. The summed E-state index contributed by atoms with van der Waals surface area (Å²) in [5.74, 6) is 1.43. The van der Waals surface area contributed by atoms with Crippen LogP contribution in [0.15, 0.2) is 48.7 Å². The summed E-state index contributed by atoms with van der Waals surface area (Å²) in [6.45, 7) is 0. The molecule has 0 spiro atoms. The van der Waals surface area contributed by atoms with E-state index in [1.54, 1.807) is 14.2 Å². The van der Waals surface area contributed by atoms with E-state index in [1.807, 2.05) is 38.5 Å². The molecule has 0 atom stereocenters. The molecule has 4 nitrogen and oxygen atoms in total. The third-order valence-electron chi connectivity index (χ3n) is 3.93. The minimum absolute atomic E-state index is 0.708. The molecule has 23 heavy (non-hydrogen) atoms. The van der Waals surface area contributed by atoms with Crippen LogP contribution in [-0.2, 0) is 0 Å². The summed E-state index contributed by atoms with van der Waals surface area (Å²) in [6, 6.07) is 14.3. The van der Waals surface area contributed by atoms with Crippen molar-refractivity contribution in [2.75, 3.05) is 33.2 Å². The van der Waals surface area contributed by atoms with E-state index in [0.717, 1.165) is 33.5 Å². The van der Waals surface area contributed by atoms with Crippen molar-refractivity contribution in [1.29, 1.82) is 0 Å². The van der Waals surface area contributed by atoms with Crippen molar-refractivity contribution in [2.24, 2.45) is 0 Å². The van der Waals surface area contributed by atoms with Gasteiger partial charge in [-0.3, -0.25) is 4.98 Å². The number of aromatic nitrogens is 1. The molecule has 0 saturated heterocycles. The Kier molecular flexibility index (Phi) is 4.06. The molecule has 0 saturated carbocycles. The van der Waals surface area contributed by atoms with Crippen LogP contribution in [0.4, 0.5) is 5.69 Å². The molecular weight excluding hydrogens is 288 g/mol. The lowest BCUT2D eigenvalue weighted by atomic mass is 10.0. The Balaban J connectivity index is 2.17. The third kappa shape index (κ3) is 2.80. The Morgan fingerprint density at radius 3 is 2.13 bits per heavy atom. The summed E-state index contributed by atoms with van der Waals surface area (Å²) in [5.41, 5.74) is 3.18. The Bertz CT molecular complexity index is 827. The third-order valence-corrected chi connectivity index (χ3v) is 3.93. The number of anilines is 1. The van der Waals surface area contributed by atoms with Crippen molar-refractivity contribution in [3.63, 3.8) is 0 Å². The number of methoxy groups -OCH3 is 2. The Morgan fingerprint density at radius 1 is 0.870 bits per heavy atom. The van der Waals surface area contributed by atoms with Crippen LogP contribution >= 0.6 is 0 Å². The molecule has 0 N–H and O–H groups in total. The number of hydrogen-bond acceptors (Lipinski definition) is 4. The molecule has 0 fully saturated rings. The number of rotatable bonds is 4. The second kappa shape index (κ2) is 6.16. The van der Waals surface area contributed by atoms with Crippen molar-refractivity contribution < 1.29 is 9.47 Å². The van der Waals surface area contributed by atoms with E-state index in [4.69, 9.17) is 9.47 Å². The molecule has 0 radical (unpaired) electrons. The van der Waals surface area contributed by atoms with E-state index in [9.17, 15) is 0 Å². The fraction of sp³-hybridized carbons (Fsp3) is 0.211. The number of nitrogens with zero attached hydrogens (tertiary/aromatic N) is 2. The number of pyridine rings is 1. The summed E-state index contributed by atoms with van der Waals surface area (Å²) in [6.07, 6.45) is 1.82. The van der Waals surface area contributed by atoms with Crippen LogP contribution in [0.1, 0.15) is 0 Å². The van der Waals surface area contributed by atoms with Crippen LogP contribution in [0.5, 0.6) is 11.5 Å². The zero-order valence-corrected chi connectivity index (χ0v) is 13.8. The SMILES string of the molecule is COc1cc2ccnc(-c3ccc(N(C)C)cc3)c2cc1OC. The zero-order chi connectivity index (χ0) is 16.4. The molecule has 1 heterocycles. The Morgan fingerprint density at radius 2 is 1.52 bits per heavy atom. The van der Waals surface area contributed by atoms with E-state index in [0.29, 0.717) is 5.75 Å². The molecule has 0 aliphatic carbocycles. The molecule has 3 rings (SSSR count). The van der Waals surface area contributed by atoms with Gasteiger partial charge in [-0.2, -0.15) is 0 Å². The van der Waals surface area contributed by atoms with Crippen LogP contribution in [0.25, 0.3) is 22.0 Å². The van der Waals surface area contributed by atoms with Crippen LogP contribution in [0, 0.1) is 0 Å². The van der Waals surface area contributed by atoms with Crippen molar-refractivity contribution in [1.82, 2.24) is 4.98 Å². The number of benzene rings is 2. The number of hydrogen-bond donors (Lipinski definition) is 0. The fourth-order valence-electron chi connectivity index (χ4n) is 2.65. The molecule has 0 amide bonds. The molecular formula is C19H20N2O2. The van der Waals surface area contributed by atoms with Crippen molar-refractivity contribution in [2.45, 2.75) is 0 Å². The maximum atomic E-state index is 5.43. The zero-order valence-electron chi connectivity index (χ0n) is 13.8. The Labute approximate surface area is 136 Å². The summed E-state index contributed by atoms with van der Waals surface area (Å²) >= 11 is 0. The molecule has 3 aromatic rings. The standard InChI is InChI=1S/C19H20N2O2/c1-21(2)15-7-5-13(6-8-15)19-16-12-18(23-4)17(22-3)11-14(16)9-10-20-19/h5-12H,1-4H3. The van der Waals surface area contributed by atoms with Gasteiger partial charge in [-0.1, -0.05) is 12.1 Å². The highest BCUT2D eigenvalue weighted by atomic mass is 16.5. The number of ether oxygens (including phenoxy) is 2. The van der Waals surface area contributed by atoms with Gasteiger partial charge in [0, 0.05) is 36.9 Å². The maximum Gasteiger partial charge on any atom is 0.161 e. The van der Waals surface area contributed by atoms with Gasteiger partial charge < -0.3 is 14.4 Å². The topological polar surface area (TPSA) is 34.6 Å². The second-order valence-electron chi connectivity index (χ2n) is 5.53. The molecule has 0 aliphatic heterocycles. The Hall–Kier alpha value is -2.75. The van der Waals surface area contributed by atoms with Crippen LogP contribution < -0.4 is 14.4 Å². The molecule has 4 heteroatoms. The van der Waals surface area contributed by atoms with Crippen molar-refractivity contribution >= 4 is 16.5 Å². The smallest absolute Gasteiger partial charge is 0.161 e.